The standard InChI is InChI=1S/C11H17N5OS/c12-16-10(8-3-4-8)13-14-11(16)18-7-9(17)15-5-1-2-6-15/h8H,1-7,12H2. The van der Waals surface area contributed by atoms with Gasteiger partial charge in [-0.3, -0.25) is 4.79 Å². The first-order valence-corrected chi connectivity index (χ1v) is 7.35. The Morgan fingerprint density at radius 1 is 1.33 bits per heavy atom. The lowest BCUT2D eigenvalue weighted by Crippen LogP contribution is -2.29. The molecule has 1 aromatic heterocycles. The van der Waals surface area contributed by atoms with Crippen molar-refractivity contribution in [3.05, 3.63) is 5.82 Å². The van der Waals surface area contributed by atoms with Crippen LogP contribution in [0, 0.1) is 0 Å². The van der Waals surface area contributed by atoms with Crippen molar-refractivity contribution in [1.29, 1.82) is 0 Å². The zero-order valence-corrected chi connectivity index (χ0v) is 11.0. The van der Waals surface area contributed by atoms with Crippen LogP contribution in [0.1, 0.15) is 37.4 Å². The van der Waals surface area contributed by atoms with Crippen LogP contribution in [0.15, 0.2) is 5.16 Å². The summed E-state index contributed by atoms with van der Waals surface area (Å²) < 4.78 is 1.54. The van der Waals surface area contributed by atoms with Crippen molar-refractivity contribution in [2.24, 2.45) is 0 Å². The van der Waals surface area contributed by atoms with E-state index in [1.807, 2.05) is 4.90 Å². The van der Waals surface area contributed by atoms with Crippen LogP contribution in [-0.4, -0.2) is 44.5 Å². The van der Waals surface area contributed by atoms with Crippen molar-refractivity contribution in [2.75, 3.05) is 24.7 Å². The molecular weight excluding hydrogens is 250 g/mol. The highest BCUT2D eigenvalue weighted by Crippen LogP contribution is 2.39. The van der Waals surface area contributed by atoms with E-state index < -0.39 is 0 Å². The highest BCUT2D eigenvalue weighted by Gasteiger charge is 2.30. The molecule has 1 saturated carbocycles. The molecule has 1 saturated heterocycles. The Labute approximate surface area is 110 Å². The second-order valence-electron chi connectivity index (χ2n) is 4.86. The first kappa shape index (κ1) is 11.8. The third kappa shape index (κ3) is 2.31. The molecule has 1 aliphatic carbocycles. The number of nitrogens with two attached hydrogens (primary N) is 1. The monoisotopic (exact) mass is 267 g/mol. The second-order valence-corrected chi connectivity index (χ2v) is 5.80. The summed E-state index contributed by atoms with van der Waals surface area (Å²) in [6, 6.07) is 0. The number of hydrogen-bond donors (Lipinski definition) is 1. The number of likely N-dealkylation sites (tertiary alicyclic amines) is 1. The van der Waals surface area contributed by atoms with Gasteiger partial charge < -0.3 is 10.7 Å². The van der Waals surface area contributed by atoms with Gasteiger partial charge in [0.2, 0.25) is 11.1 Å². The van der Waals surface area contributed by atoms with Gasteiger partial charge in [-0.25, -0.2) is 4.68 Å². The van der Waals surface area contributed by atoms with Gasteiger partial charge in [-0.2, -0.15) is 0 Å². The van der Waals surface area contributed by atoms with Gasteiger partial charge in [-0.1, -0.05) is 11.8 Å². The number of amides is 1. The molecule has 0 spiro atoms. The topological polar surface area (TPSA) is 77.0 Å². The third-order valence-electron chi connectivity index (χ3n) is 3.42. The molecule has 2 fully saturated rings. The van der Waals surface area contributed by atoms with Gasteiger partial charge in [0, 0.05) is 19.0 Å². The maximum Gasteiger partial charge on any atom is 0.233 e. The smallest absolute Gasteiger partial charge is 0.233 e. The van der Waals surface area contributed by atoms with Gasteiger partial charge in [0.25, 0.3) is 0 Å². The molecule has 1 aromatic rings. The van der Waals surface area contributed by atoms with Gasteiger partial charge in [0.15, 0.2) is 5.82 Å². The van der Waals surface area contributed by atoms with Gasteiger partial charge in [0.05, 0.1) is 5.75 Å². The predicted molar refractivity (Wildman–Crippen MR) is 68.7 cm³/mol. The van der Waals surface area contributed by atoms with Crippen LogP contribution in [0.3, 0.4) is 0 Å². The Morgan fingerprint density at radius 2 is 2.06 bits per heavy atom. The van der Waals surface area contributed by atoms with E-state index in [2.05, 4.69) is 10.2 Å². The van der Waals surface area contributed by atoms with Crippen LogP contribution in [0.2, 0.25) is 0 Å². The van der Waals surface area contributed by atoms with Crippen LogP contribution in [0.4, 0.5) is 0 Å². The van der Waals surface area contributed by atoms with Crippen LogP contribution in [0.5, 0.6) is 0 Å². The van der Waals surface area contributed by atoms with Gasteiger partial charge in [0.1, 0.15) is 0 Å². The number of nitrogens with zero attached hydrogens (tertiary/aromatic N) is 4. The van der Waals surface area contributed by atoms with Crippen LogP contribution in [-0.2, 0) is 4.79 Å². The molecule has 7 heteroatoms. The summed E-state index contributed by atoms with van der Waals surface area (Å²) in [5, 5.41) is 8.79. The largest absolute Gasteiger partial charge is 0.342 e. The Balaban J connectivity index is 1.57. The Morgan fingerprint density at radius 3 is 2.72 bits per heavy atom. The van der Waals surface area contributed by atoms with E-state index >= 15 is 0 Å². The maximum absolute atomic E-state index is 11.9. The summed E-state index contributed by atoms with van der Waals surface area (Å²) >= 11 is 1.38. The molecule has 6 nitrogen and oxygen atoms in total. The molecule has 2 N–H and O–H groups in total. The van der Waals surface area contributed by atoms with Crippen molar-refractivity contribution in [3.63, 3.8) is 0 Å². The lowest BCUT2D eigenvalue weighted by Gasteiger charge is -2.14. The summed E-state index contributed by atoms with van der Waals surface area (Å²) in [6.07, 6.45) is 4.53. The second kappa shape index (κ2) is 4.79. The van der Waals surface area contributed by atoms with Gasteiger partial charge in [-0.15, -0.1) is 10.2 Å². The Kier molecular flexibility index (Phi) is 3.15. The SMILES string of the molecule is Nn1c(SCC(=O)N2CCCC2)nnc1C1CC1. The van der Waals surface area contributed by atoms with Crippen LogP contribution in [0.25, 0.3) is 0 Å². The molecule has 0 bridgehead atoms. The van der Waals surface area contributed by atoms with E-state index in [9.17, 15) is 4.79 Å². The first-order chi connectivity index (χ1) is 8.75. The molecule has 0 radical (unpaired) electrons. The number of carbonyl (C=O) groups excluding carboxylic acids is 1. The molecular formula is C11H17N5OS. The van der Waals surface area contributed by atoms with Crippen molar-refractivity contribution in [2.45, 2.75) is 36.8 Å². The summed E-state index contributed by atoms with van der Waals surface area (Å²) in [4.78, 5) is 13.8. The fourth-order valence-corrected chi connectivity index (χ4v) is 2.96. The summed E-state index contributed by atoms with van der Waals surface area (Å²) in [6.45, 7) is 1.78. The van der Waals surface area contributed by atoms with Crippen molar-refractivity contribution in [3.8, 4) is 0 Å². The Hall–Kier alpha value is -1.24. The molecule has 1 aliphatic heterocycles. The third-order valence-corrected chi connectivity index (χ3v) is 4.34. The van der Waals surface area contributed by atoms with Crippen molar-refractivity contribution < 1.29 is 4.79 Å². The zero-order valence-electron chi connectivity index (χ0n) is 10.2. The molecule has 2 aliphatic rings. The number of aromatic nitrogens is 3. The minimum absolute atomic E-state index is 0.175. The molecule has 2 heterocycles. The van der Waals surface area contributed by atoms with Crippen molar-refractivity contribution >= 4 is 17.7 Å². The van der Waals surface area contributed by atoms with Crippen molar-refractivity contribution in [1.82, 2.24) is 19.8 Å². The fraction of sp³-hybridized carbons (Fsp3) is 0.727. The van der Waals surface area contributed by atoms with E-state index in [-0.39, 0.29) is 5.91 Å². The molecule has 0 atom stereocenters. The minimum Gasteiger partial charge on any atom is -0.342 e. The predicted octanol–water partition coefficient (Wildman–Crippen LogP) is 0.584. The zero-order chi connectivity index (χ0) is 12.5. The summed E-state index contributed by atoms with van der Waals surface area (Å²) in [5.41, 5.74) is 0. The number of carbonyl (C=O) groups is 1. The van der Waals surface area contributed by atoms with E-state index in [4.69, 9.17) is 5.84 Å². The highest BCUT2D eigenvalue weighted by molar-refractivity contribution is 7.99. The van der Waals surface area contributed by atoms with E-state index in [1.165, 1.54) is 11.8 Å². The molecule has 98 valence electrons. The lowest BCUT2D eigenvalue weighted by atomic mass is 10.4. The first-order valence-electron chi connectivity index (χ1n) is 6.36. The number of rotatable bonds is 4. The molecule has 18 heavy (non-hydrogen) atoms. The summed E-state index contributed by atoms with van der Waals surface area (Å²) in [7, 11) is 0. The molecule has 1 amide bonds. The van der Waals surface area contributed by atoms with E-state index in [1.54, 1.807) is 4.68 Å². The van der Waals surface area contributed by atoms with Crippen LogP contribution >= 0.6 is 11.8 Å². The number of nitrogen functional groups attached to an aromatic ring is 1. The highest BCUT2D eigenvalue weighted by atomic mass is 32.2. The molecule has 0 aromatic carbocycles. The van der Waals surface area contributed by atoms with E-state index in [0.29, 0.717) is 16.8 Å². The van der Waals surface area contributed by atoms with Gasteiger partial charge >= 0.3 is 0 Å². The lowest BCUT2D eigenvalue weighted by molar-refractivity contribution is -0.127. The quantitative estimate of drug-likeness (QED) is 0.638. The van der Waals surface area contributed by atoms with Gasteiger partial charge in [-0.05, 0) is 25.7 Å². The molecule has 0 unspecified atom stereocenters. The molecule has 3 rings (SSSR count). The fourth-order valence-electron chi connectivity index (χ4n) is 2.19. The van der Waals surface area contributed by atoms with E-state index in [0.717, 1.165) is 44.6 Å². The average molecular weight is 267 g/mol. The maximum atomic E-state index is 11.9. The number of hydrogen-bond acceptors (Lipinski definition) is 5. The van der Waals surface area contributed by atoms with Crippen LogP contribution < -0.4 is 5.84 Å². The normalized spacial score (nSPS) is 19.4. The summed E-state index contributed by atoms with van der Waals surface area (Å²) in [5.74, 6) is 7.84. The minimum atomic E-state index is 0.175. The average Bonchev–Trinajstić information content (AvgIpc) is 2.92. The number of thioether (sulfide) groups is 1. The Bertz CT molecular complexity index is 450.